The van der Waals surface area contributed by atoms with E-state index in [9.17, 15) is 8.42 Å². The molecule has 0 aromatic heterocycles. The van der Waals surface area contributed by atoms with E-state index in [-0.39, 0.29) is 10.6 Å². The van der Waals surface area contributed by atoms with Gasteiger partial charge < -0.3 is 5.73 Å². The van der Waals surface area contributed by atoms with Crippen LogP contribution < -0.4 is 10.5 Å². The van der Waals surface area contributed by atoms with Crippen molar-refractivity contribution in [1.82, 2.24) is 4.72 Å². The molecule has 0 amide bonds. The number of nitrogens with two attached hydrogens (primary N) is 1. The van der Waals surface area contributed by atoms with Gasteiger partial charge in [0.05, 0.1) is 5.69 Å². The molecule has 0 unspecified atom stereocenters. The third kappa shape index (κ3) is 1.81. The van der Waals surface area contributed by atoms with Crippen LogP contribution in [-0.2, 0) is 10.0 Å². The smallest absolute Gasteiger partial charge is 0.242 e. The summed E-state index contributed by atoms with van der Waals surface area (Å²) < 4.78 is 25.1. The van der Waals surface area contributed by atoms with Crippen LogP contribution in [0.3, 0.4) is 0 Å². The number of sulfonamides is 1. The molecule has 0 radical (unpaired) electrons. The number of rotatable bonds is 2. The van der Waals surface area contributed by atoms with Gasteiger partial charge in [0.1, 0.15) is 4.90 Å². The molecule has 0 aliphatic rings. The van der Waals surface area contributed by atoms with Crippen molar-refractivity contribution in [1.29, 1.82) is 0 Å². The van der Waals surface area contributed by atoms with Crippen LogP contribution in [0, 0.1) is 6.92 Å². The van der Waals surface area contributed by atoms with Crippen molar-refractivity contribution in [2.24, 2.45) is 0 Å². The van der Waals surface area contributed by atoms with Gasteiger partial charge >= 0.3 is 0 Å². The standard InChI is InChI=1S/C8H12N2O2S/c1-6-4-3-5-7(9)8(6)13(11,12)10-2/h3-5,10H,9H2,1-2H3. The molecule has 0 aliphatic carbocycles. The summed E-state index contributed by atoms with van der Waals surface area (Å²) in [6, 6.07) is 5.00. The highest BCUT2D eigenvalue weighted by Crippen LogP contribution is 2.21. The number of benzene rings is 1. The second kappa shape index (κ2) is 3.35. The molecule has 0 fully saturated rings. The molecule has 0 bridgehead atoms. The molecule has 1 aromatic carbocycles. The van der Waals surface area contributed by atoms with Gasteiger partial charge in [-0.15, -0.1) is 0 Å². The van der Waals surface area contributed by atoms with Crippen LogP contribution in [0.1, 0.15) is 5.56 Å². The van der Waals surface area contributed by atoms with E-state index in [1.165, 1.54) is 7.05 Å². The van der Waals surface area contributed by atoms with Gasteiger partial charge in [-0.3, -0.25) is 0 Å². The lowest BCUT2D eigenvalue weighted by Crippen LogP contribution is -2.20. The summed E-state index contributed by atoms with van der Waals surface area (Å²) >= 11 is 0. The Morgan fingerprint density at radius 3 is 2.46 bits per heavy atom. The Balaban J connectivity index is 3.46. The number of nitrogens with one attached hydrogen (secondary N) is 1. The normalized spacial score (nSPS) is 11.5. The molecule has 5 heteroatoms. The largest absolute Gasteiger partial charge is 0.398 e. The Morgan fingerprint density at radius 2 is 2.00 bits per heavy atom. The molecular weight excluding hydrogens is 188 g/mol. The van der Waals surface area contributed by atoms with Crippen LogP contribution >= 0.6 is 0 Å². The third-order valence-electron chi connectivity index (χ3n) is 1.78. The molecule has 0 saturated carbocycles. The maximum absolute atomic E-state index is 11.5. The van der Waals surface area contributed by atoms with Crippen LogP contribution in [0.25, 0.3) is 0 Å². The van der Waals surface area contributed by atoms with Gasteiger partial charge in [-0.05, 0) is 25.6 Å². The molecule has 0 atom stereocenters. The molecule has 72 valence electrons. The van der Waals surface area contributed by atoms with Gasteiger partial charge in [-0.25, -0.2) is 13.1 Å². The maximum atomic E-state index is 11.5. The molecule has 3 N–H and O–H groups in total. The van der Waals surface area contributed by atoms with Crippen molar-refractivity contribution in [3.05, 3.63) is 23.8 Å². The fourth-order valence-electron chi connectivity index (χ4n) is 1.14. The lowest BCUT2D eigenvalue weighted by Gasteiger charge is -2.08. The molecule has 0 heterocycles. The zero-order chi connectivity index (χ0) is 10.1. The van der Waals surface area contributed by atoms with Crippen molar-refractivity contribution in [2.75, 3.05) is 12.8 Å². The lowest BCUT2D eigenvalue weighted by molar-refractivity contribution is 0.588. The third-order valence-corrected chi connectivity index (χ3v) is 3.41. The SMILES string of the molecule is CNS(=O)(=O)c1c(C)cccc1N. The molecule has 1 aromatic rings. The zero-order valence-corrected chi connectivity index (χ0v) is 8.35. The molecule has 1 rings (SSSR count). The van der Waals surface area contributed by atoms with Crippen molar-refractivity contribution in [3.63, 3.8) is 0 Å². The second-order valence-electron chi connectivity index (χ2n) is 2.70. The number of hydrogen-bond donors (Lipinski definition) is 2. The first kappa shape index (κ1) is 10.0. The Bertz CT molecular complexity index is 392. The summed E-state index contributed by atoms with van der Waals surface area (Å²) in [6.07, 6.45) is 0. The van der Waals surface area contributed by atoms with E-state index in [1.807, 2.05) is 0 Å². The summed E-state index contributed by atoms with van der Waals surface area (Å²) in [5, 5.41) is 0. The van der Waals surface area contributed by atoms with E-state index in [1.54, 1.807) is 25.1 Å². The average molecular weight is 200 g/mol. The molecule has 13 heavy (non-hydrogen) atoms. The van der Waals surface area contributed by atoms with Crippen molar-refractivity contribution >= 4 is 15.7 Å². The van der Waals surface area contributed by atoms with Gasteiger partial charge in [0.15, 0.2) is 0 Å². The topological polar surface area (TPSA) is 72.2 Å². The van der Waals surface area contributed by atoms with E-state index in [4.69, 9.17) is 5.73 Å². The lowest BCUT2D eigenvalue weighted by atomic mass is 10.2. The van der Waals surface area contributed by atoms with Gasteiger partial charge in [-0.2, -0.15) is 0 Å². The minimum Gasteiger partial charge on any atom is -0.398 e. The average Bonchev–Trinajstić information content (AvgIpc) is 2.03. The maximum Gasteiger partial charge on any atom is 0.242 e. The first-order valence-electron chi connectivity index (χ1n) is 3.77. The van der Waals surface area contributed by atoms with Crippen LogP contribution in [0.4, 0.5) is 5.69 Å². The van der Waals surface area contributed by atoms with Crippen molar-refractivity contribution in [3.8, 4) is 0 Å². The summed E-state index contributed by atoms with van der Waals surface area (Å²) in [7, 11) is -2.07. The predicted molar refractivity (Wildman–Crippen MR) is 51.8 cm³/mol. The number of nitrogen functional groups attached to an aromatic ring is 1. The van der Waals surface area contributed by atoms with E-state index in [0.717, 1.165) is 0 Å². The highest BCUT2D eigenvalue weighted by Gasteiger charge is 2.16. The predicted octanol–water partition coefficient (Wildman–Crippen LogP) is 0.485. The van der Waals surface area contributed by atoms with Crippen LogP contribution in [0.2, 0.25) is 0 Å². The van der Waals surface area contributed by atoms with Gasteiger partial charge in [0.2, 0.25) is 10.0 Å². The van der Waals surface area contributed by atoms with E-state index in [2.05, 4.69) is 4.72 Å². The molecule has 0 aliphatic heterocycles. The van der Waals surface area contributed by atoms with E-state index in [0.29, 0.717) is 5.56 Å². The van der Waals surface area contributed by atoms with E-state index >= 15 is 0 Å². The van der Waals surface area contributed by atoms with Gasteiger partial charge in [-0.1, -0.05) is 12.1 Å². The Morgan fingerprint density at radius 1 is 1.38 bits per heavy atom. The van der Waals surface area contributed by atoms with Crippen LogP contribution in [0.5, 0.6) is 0 Å². The van der Waals surface area contributed by atoms with Crippen molar-refractivity contribution in [2.45, 2.75) is 11.8 Å². The Kier molecular flexibility index (Phi) is 2.58. The summed E-state index contributed by atoms with van der Waals surface area (Å²) in [5.41, 5.74) is 6.48. The van der Waals surface area contributed by atoms with Crippen molar-refractivity contribution < 1.29 is 8.42 Å². The highest BCUT2D eigenvalue weighted by molar-refractivity contribution is 7.89. The number of aryl methyl sites for hydroxylation is 1. The molecule has 0 spiro atoms. The Hall–Kier alpha value is -1.07. The van der Waals surface area contributed by atoms with Gasteiger partial charge in [0, 0.05) is 0 Å². The molecule has 0 saturated heterocycles. The highest BCUT2D eigenvalue weighted by atomic mass is 32.2. The summed E-state index contributed by atoms with van der Waals surface area (Å²) in [5.74, 6) is 0. The summed E-state index contributed by atoms with van der Waals surface area (Å²) in [6.45, 7) is 1.71. The van der Waals surface area contributed by atoms with E-state index < -0.39 is 10.0 Å². The van der Waals surface area contributed by atoms with Gasteiger partial charge in [0.25, 0.3) is 0 Å². The van der Waals surface area contributed by atoms with Crippen LogP contribution in [0.15, 0.2) is 23.1 Å². The monoisotopic (exact) mass is 200 g/mol. The number of anilines is 1. The quantitative estimate of drug-likeness (QED) is 0.682. The summed E-state index contributed by atoms with van der Waals surface area (Å²) in [4.78, 5) is 0.164. The van der Waals surface area contributed by atoms with Crippen LogP contribution in [-0.4, -0.2) is 15.5 Å². The minimum atomic E-state index is -3.43. The first-order valence-corrected chi connectivity index (χ1v) is 5.26. The first-order chi connectivity index (χ1) is 5.99. The minimum absolute atomic E-state index is 0.164. The Labute approximate surface area is 77.8 Å². The second-order valence-corrected chi connectivity index (χ2v) is 4.52. The molecular formula is C8H12N2O2S. The number of hydrogen-bond acceptors (Lipinski definition) is 3. The zero-order valence-electron chi connectivity index (χ0n) is 7.53. The fraction of sp³-hybridized carbons (Fsp3) is 0.250. The fourth-order valence-corrected chi connectivity index (χ4v) is 2.22. The molecule has 4 nitrogen and oxygen atoms in total.